The van der Waals surface area contributed by atoms with Crippen molar-refractivity contribution in [3.8, 4) is 5.75 Å². The van der Waals surface area contributed by atoms with E-state index in [1.54, 1.807) is 6.07 Å². The Labute approximate surface area is 185 Å². The average Bonchev–Trinajstić information content (AvgIpc) is 2.72. The number of ether oxygens (including phenoxy) is 2. The molecular weight excluding hydrogens is 422 g/mol. The summed E-state index contributed by atoms with van der Waals surface area (Å²) in [5.41, 5.74) is -0.331. The number of nitrogens with one attached hydrogen (secondary N) is 2. The molecule has 0 heterocycles. The molecule has 4 aliphatic carbocycles. The number of amides is 2. The van der Waals surface area contributed by atoms with Crippen molar-refractivity contribution in [3.05, 3.63) is 24.3 Å². The first-order valence-corrected chi connectivity index (χ1v) is 11.1. The van der Waals surface area contributed by atoms with Crippen LogP contribution in [0.25, 0.3) is 0 Å². The minimum Gasteiger partial charge on any atom is -0.451 e. The molecule has 1 atom stereocenters. The van der Waals surface area contributed by atoms with E-state index in [1.165, 1.54) is 44.4 Å². The molecule has 4 saturated carbocycles. The molecule has 1 unspecified atom stereocenters. The second kappa shape index (κ2) is 9.03. The summed E-state index contributed by atoms with van der Waals surface area (Å²) in [6, 6.07) is 5.72. The molecule has 4 aliphatic rings. The van der Waals surface area contributed by atoms with Gasteiger partial charge in [-0.1, -0.05) is 12.1 Å². The quantitative estimate of drug-likeness (QED) is 0.592. The zero-order valence-corrected chi connectivity index (χ0v) is 17.9. The van der Waals surface area contributed by atoms with Gasteiger partial charge < -0.3 is 20.1 Å². The third-order valence-electron chi connectivity index (χ3n) is 6.95. The van der Waals surface area contributed by atoms with Crippen LogP contribution in [-0.4, -0.2) is 37.0 Å². The smallest absolute Gasteiger partial charge is 0.387 e. The fourth-order valence-corrected chi connectivity index (χ4v) is 6.02. The van der Waals surface area contributed by atoms with Gasteiger partial charge in [0.15, 0.2) is 6.10 Å². The van der Waals surface area contributed by atoms with E-state index in [1.807, 2.05) is 0 Å². The highest BCUT2D eigenvalue weighted by Crippen LogP contribution is 2.60. The van der Waals surface area contributed by atoms with Crippen molar-refractivity contribution in [1.82, 2.24) is 5.32 Å². The maximum Gasteiger partial charge on any atom is 0.387 e. The van der Waals surface area contributed by atoms with Crippen LogP contribution >= 0.6 is 0 Å². The second-order valence-electron chi connectivity index (χ2n) is 9.38. The summed E-state index contributed by atoms with van der Waals surface area (Å²) < 4.78 is 34.5. The minimum absolute atomic E-state index is 0.0378. The maximum absolute atomic E-state index is 12.9. The average molecular weight is 450 g/mol. The van der Waals surface area contributed by atoms with Gasteiger partial charge in [-0.05, 0) is 75.3 Å². The van der Waals surface area contributed by atoms with E-state index in [-0.39, 0.29) is 29.3 Å². The van der Waals surface area contributed by atoms with Crippen LogP contribution in [0.1, 0.15) is 45.4 Å². The molecule has 4 bridgehead atoms. The van der Waals surface area contributed by atoms with E-state index in [9.17, 15) is 23.2 Å². The highest BCUT2D eigenvalue weighted by atomic mass is 19.3. The van der Waals surface area contributed by atoms with Crippen molar-refractivity contribution in [1.29, 1.82) is 0 Å². The number of hydrogen-bond acceptors (Lipinski definition) is 5. The summed E-state index contributed by atoms with van der Waals surface area (Å²) >= 11 is 0. The molecule has 0 aromatic heterocycles. The number of halogens is 2. The topological polar surface area (TPSA) is 93.7 Å². The summed E-state index contributed by atoms with van der Waals surface area (Å²) in [7, 11) is 0. The summed E-state index contributed by atoms with van der Waals surface area (Å²) in [4.78, 5) is 37.5. The number of para-hydroxylation sites is 2. The molecule has 0 saturated heterocycles. The first kappa shape index (κ1) is 22.5. The highest BCUT2D eigenvalue weighted by Gasteiger charge is 2.54. The van der Waals surface area contributed by atoms with Gasteiger partial charge >= 0.3 is 12.6 Å². The lowest BCUT2D eigenvalue weighted by Gasteiger charge is -2.55. The van der Waals surface area contributed by atoms with Crippen LogP contribution in [0, 0.1) is 23.2 Å². The van der Waals surface area contributed by atoms with E-state index < -0.39 is 24.6 Å². The first-order valence-electron chi connectivity index (χ1n) is 11.1. The Kier molecular flexibility index (Phi) is 6.35. The van der Waals surface area contributed by atoms with E-state index in [0.717, 1.165) is 19.3 Å². The van der Waals surface area contributed by atoms with Gasteiger partial charge in [-0.3, -0.25) is 14.4 Å². The lowest BCUT2D eigenvalue weighted by molar-refractivity contribution is -0.155. The van der Waals surface area contributed by atoms with Gasteiger partial charge in [-0.2, -0.15) is 8.78 Å². The number of esters is 1. The summed E-state index contributed by atoms with van der Waals surface area (Å²) in [5, 5.41) is 5.13. The Morgan fingerprint density at radius 3 is 2.25 bits per heavy atom. The van der Waals surface area contributed by atoms with Gasteiger partial charge in [0, 0.05) is 5.41 Å². The Hall–Kier alpha value is -2.71. The SMILES string of the molecule is CC(OC(=O)CNC(=O)C12CC3CC(CC(C3)C1)C2)C(=O)Nc1ccccc1OC(F)F. The van der Waals surface area contributed by atoms with Crippen LogP contribution < -0.4 is 15.4 Å². The fourth-order valence-electron chi connectivity index (χ4n) is 6.02. The van der Waals surface area contributed by atoms with Gasteiger partial charge in [0.1, 0.15) is 12.3 Å². The lowest BCUT2D eigenvalue weighted by Crippen LogP contribution is -2.54. The standard InChI is InChI=1S/C23H28F2N2O5/c1-13(20(29)27-17-4-2-3-5-18(17)32-22(24)25)31-19(28)12-26-21(30)23-9-14-6-15(10-23)8-16(7-14)11-23/h2-5,13-16,22H,6-12H2,1H3,(H,26,30)(H,27,29). The second-order valence-corrected chi connectivity index (χ2v) is 9.38. The molecule has 1 aromatic rings. The summed E-state index contributed by atoms with van der Waals surface area (Å²) in [5.74, 6) is 0.110. The molecular formula is C23H28F2N2O5. The molecule has 2 N–H and O–H groups in total. The third kappa shape index (κ3) is 4.86. The number of benzene rings is 1. The predicted octanol–water partition coefficient (Wildman–Crippen LogP) is 3.49. The van der Waals surface area contributed by atoms with Crippen molar-refractivity contribution in [2.45, 2.75) is 58.2 Å². The van der Waals surface area contributed by atoms with Gasteiger partial charge in [-0.25, -0.2) is 0 Å². The van der Waals surface area contributed by atoms with Crippen molar-refractivity contribution < 1.29 is 32.6 Å². The first-order chi connectivity index (χ1) is 15.2. The number of anilines is 1. The lowest BCUT2D eigenvalue weighted by atomic mass is 9.49. The highest BCUT2D eigenvalue weighted by molar-refractivity contribution is 5.96. The van der Waals surface area contributed by atoms with Crippen molar-refractivity contribution in [2.75, 3.05) is 11.9 Å². The predicted molar refractivity (Wildman–Crippen MR) is 111 cm³/mol. The maximum atomic E-state index is 12.9. The Bertz CT molecular complexity index is 856. The number of hydrogen-bond donors (Lipinski definition) is 2. The molecule has 4 fully saturated rings. The molecule has 32 heavy (non-hydrogen) atoms. The van der Waals surface area contributed by atoms with Crippen molar-refractivity contribution in [2.24, 2.45) is 23.2 Å². The molecule has 174 valence electrons. The van der Waals surface area contributed by atoms with Gasteiger partial charge in [0.05, 0.1) is 5.69 Å². The molecule has 1 aromatic carbocycles. The number of alkyl halides is 2. The Morgan fingerprint density at radius 2 is 1.66 bits per heavy atom. The minimum atomic E-state index is -3.04. The van der Waals surface area contributed by atoms with Crippen molar-refractivity contribution in [3.63, 3.8) is 0 Å². The van der Waals surface area contributed by atoms with E-state index in [2.05, 4.69) is 15.4 Å². The Balaban J connectivity index is 1.26. The van der Waals surface area contributed by atoms with E-state index >= 15 is 0 Å². The molecule has 0 spiro atoms. The van der Waals surface area contributed by atoms with Crippen LogP contribution in [0.15, 0.2) is 24.3 Å². The van der Waals surface area contributed by atoms with Crippen LogP contribution in [0.2, 0.25) is 0 Å². The number of carbonyl (C=O) groups is 3. The molecule has 7 nitrogen and oxygen atoms in total. The number of rotatable bonds is 8. The molecule has 0 radical (unpaired) electrons. The van der Waals surface area contributed by atoms with Crippen LogP contribution in [0.4, 0.5) is 14.5 Å². The van der Waals surface area contributed by atoms with Gasteiger partial charge in [0.25, 0.3) is 5.91 Å². The zero-order chi connectivity index (χ0) is 22.9. The third-order valence-corrected chi connectivity index (χ3v) is 6.95. The molecule has 0 aliphatic heterocycles. The van der Waals surface area contributed by atoms with Crippen molar-refractivity contribution >= 4 is 23.5 Å². The largest absolute Gasteiger partial charge is 0.451 e. The van der Waals surface area contributed by atoms with Crippen LogP contribution in [0.5, 0.6) is 5.75 Å². The van der Waals surface area contributed by atoms with E-state index in [0.29, 0.717) is 17.8 Å². The Morgan fingerprint density at radius 1 is 1.06 bits per heavy atom. The van der Waals surface area contributed by atoms with Crippen LogP contribution in [0.3, 0.4) is 0 Å². The van der Waals surface area contributed by atoms with Crippen LogP contribution in [-0.2, 0) is 19.1 Å². The van der Waals surface area contributed by atoms with Gasteiger partial charge in [-0.15, -0.1) is 0 Å². The fraction of sp³-hybridized carbons (Fsp3) is 0.609. The van der Waals surface area contributed by atoms with Gasteiger partial charge in [0.2, 0.25) is 5.91 Å². The normalized spacial score (nSPS) is 28.8. The molecule has 9 heteroatoms. The summed E-state index contributed by atoms with van der Waals surface area (Å²) in [6.07, 6.45) is 5.13. The van der Waals surface area contributed by atoms with E-state index in [4.69, 9.17) is 4.74 Å². The molecule has 2 amide bonds. The molecule has 5 rings (SSSR count). The monoisotopic (exact) mass is 450 g/mol. The number of carbonyl (C=O) groups excluding carboxylic acids is 3. The zero-order valence-electron chi connectivity index (χ0n) is 17.9. The summed E-state index contributed by atoms with van der Waals surface area (Å²) in [6.45, 7) is -1.99.